The van der Waals surface area contributed by atoms with E-state index >= 15 is 0 Å². The summed E-state index contributed by atoms with van der Waals surface area (Å²) in [4.78, 5) is 47.5. The maximum absolute atomic E-state index is 13.4. The molecule has 0 saturated carbocycles. The molecule has 37 heavy (non-hydrogen) atoms. The molecule has 12 nitrogen and oxygen atoms in total. The van der Waals surface area contributed by atoms with Gasteiger partial charge in [0.05, 0.1) is 28.8 Å². The van der Waals surface area contributed by atoms with Gasteiger partial charge in [-0.15, -0.1) is 0 Å². The van der Waals surface area contributed by atoms with Gasteiger partial charge in [0.1, 0.15) is 34.1 Å². The fourth-order valence-electron chi connectivity index (χ4n) is 4.89. The summed E-state index contributed by atoms with van der Waals surface area (Å²) in [5.41, 5.74) is 2.21. The number of pyridine rings is 2. The number of nitrogens with zero attached hydrogens (tertiary/aromatic N) is 7. The highest BCUT2D eigenvalue weighted by atomic mass is 16.1. The number of likely N-dealkylation sites (N-methyl/N-ethyl adjacent to an activating group) is 1. The predicted molar refractivity (Wildman–Crippen MR) is 142 cm³/mol. The van der Waals surface area contributed by atoms with E-state index in [1.807, 2.05) is 13.0 Å². The highest BCUT2D eigenvalue weighted by Crippen LogP contribution is 2.29. The molecular formula is C25H29N11O. The Morgan fingerprint density at radius 1 is 1.11 bits per heavy atom. The maximum atomic E-state index is 13.4. The molecule has 0 amide bonds. The first-order chi connectivity index (χ1) is 18.0. The van der Waals surface area contributed by atoms with Gasteiger partial charge in [-0.3, -0.25) is 9.79 Å². The number of hydrogen-bond donors (Lipinski definition) is 4. The largest absolute Gasteiger partial charge is 0.392 e. The normalized spacial score (nSPS) is 20.4. The molecule has 12 heteroatoms. The Morgan fingerprint density at radius 3 is 2.65 bits per heavy atom. The van der Waals surface area contributed by atoms with Crippen molar-refractivity contribution in [2.24, 2.45) is 4.99 Å². The van der Waals surface area contributed by atoms with Crippen LogP contribution in [-0.2, 0) is 0 Å². The number of piperazine rings is 1. The molecule has 1 saturated heterocycles. The molecule has 4 N–H and O–H groups in total. The number of aromatic amines is 2. The summed E-state index contributed by atoms with van der Waals surface area (Å²) in [6.07, 6.45) is 6.89. The zero-order valence-electron chi connectivity index (χ0n) is 21.0. The van der Waals surface area contributed by atoms with Gasteiger partial charge in [0.15, 0.2) is 5.82 Å². The Morgan fingerprint density at radius 2 is 1.89 bits per heavy atom. The van der Waals surface area contributed by atoms with Crippen LogP contribution in [0.4, 0.5) is 11.5 Å². The van der Waals surface area contributed by atoms with Crippen molar-refractivity contribution in [2.75, 3.05) is 50.5 Å². The van der Waals surface area contributed by atoms with Gasteiger partial charge in [-0.2, -0.15) is 0 Å². The fourth-order valence-corrected chi connectivity index (χ4v) is 4.89. The van der Waals surface area contributed by atoms with Gasteiger partial charge in [0, 0.05) is 57.9 Å². The van der Waals surface area contributed by atoms with Crippen molar-refractivity contribution in [2.45, 2.75) is 19.0 Å². The Hall–Kier alpha value is -4.32. The molecule has 0 aromatic carbocycles. The zero-order chi connectivity index (χ0) is 25.5. The lowest BCUT2D eigenvalue weighted by molar-refractivity contribution is 0.312. The molecule has 4 aromatic rings. The van der Waals surface area contributed by atoms with Gasteiger partial charge < -0.3 is 30.4 Å². The molecular weight excluding hydrogens is 470 g/mol. The number of hydrogen-bond acceptors (Lipinski definition) is 10. The number of aromatic nitrogens is 6. The van der Waals surface area contributed by atoms with Crippen LogP contribution < -0.4 is 31.8 Å². The summed E-state index contributed by atoms with van der Waals surface area (Å²) in [5, 5.41) is 7.74. The van der Waals surface area contributed by atoms with Gasteiger partial charge in [0.2, 0.25) is 0 Å². The summed E-state index contributed by atoms with van der Waals surface area (Å²) < 4.78 is 0. The molecule has 6 rings (SSSR count). The lowest BCUT2D eigenvalue weighted by atomic mass is 10.0. The Balaban J connectivity index is 1.47. The number of imidazole rings is 1. The number of H-pyrrole nitrogens is 2. The summed E-state index contributed by atoms with van der Waals surface area (Å²) in [5.74, 6) is 1.96. The van der Waals surface area contributed by atoms with Gasteiger partial charge in [-0.1, -0.05) is 0 Å². The van der Waals surface area contributed by atoms with E-state index in [1.165, 1.54) is 0 Å². The Labute approximate surface area is 212 Å². The molecule has 2 atom stereocenters. The molecule has 4 aromatic heterocycles. The van der Waals surface area contributed by atoms with E-state index in [4.69, 9.17) is 9.98 Å². The van der Waals surface area contributed by atoms with Crippen molar-refractivity contribution in [1.29, 1.82) is 0 Å². The van der Waals surface area contributed by atoms with E-state index < -0.39 is 0 Å². The summed E-state index contributed by atoms with van der Waals surface area (Å²) in [6, 6.07) is 3.31. The SMILES string of the molecule is CN/C=c1/[nH]c(=O)c(-c2nc3cnc(N4CCN(C)CC4)cc3[nH]2)c2c1=NC(C)C(c1ncccn1)N2. The van der Waals surface area contributed by atoms with Crippen LogP contribution in [0.1, 0.15) is 18.8 Å². The summed E-state index contributed by atoms with van der Waals surface area (Å²) in [6.45, 7) is 5.81. The van der Waals surface area contributed by atoms with Gasteiger partial charge >= 0.3 is 0 Å². The quantitative estimate of drug-likeness (QED) is 0.305. The van der Waals surface area contributed by atoms with Crippen LogP contribution in [0.5, 0.6) is 0 Å². The molecule has 0 bridgehead atoms. The standard InChI is InChI=1S/C25H29N11O/c1-14-20(24-27-5-4-6-28-24)34-22-19(25(37)33-17(12-26-2)21(22)30-14)23-31-15-11-18(29-13-16(15)32-23)36-9-7-35(3)8-10-36/h4-6,11-14,20,26,34H,7-10H2,1-3H3,(H,31,32)(H,33,37)/b17-12+. The number of nitrogens with one attached hydrogen (secondary N) is 4. The molecule has 6 heterocycles. The second kappa shape index (κ2) is 9.28. The van der Waals surface area contributed by atoms with Crippen molar-refractivity contribution in [3.63, 3.8) is 0 Å². The summed E-state index contributed by atoms with van der Waals surface area (Å²) >= 11 is 0. The average molecular weight is 500 g/mol. The summed E-state index contributed by atoms with van der Waals surface area (Å²) in [7, 11) is 3.91. The minimum absolute atomic E-state index is 0.163. The minimum Gasteiger partial charge on any atom is -0.392 e. The molecule has 1 fully saturated rings. The molecule has 2 aliphatic rings. The van der Waals surface area contributed by atoms with Crippen molar-refractivity contribution < 1.29 is 0 Å². The van der Waals surface area contributed by atoms with Crippen molar-refractivity contribution >= 4 is 28.7 Å². The van der Waals surface area contributed by atoms with Crippen molar-refractivity contribution in [3.8, 4) is 11.4 Å². The fraction of sp³-hybridized carbons (Fsp3) is 0.360. The van der Waals surface area contributed by atoms with E-state index in [1.54, 1.807) is 37.9 Å². The maximum Gasteiger partial charge on any atom is 0.261 e. The van der Waals surface area contributed by atoms with Crippen LogP contribution in [0.25, 0.3) is 28.6 Å². The van der Waals surface area contributed by atoms with Crippen LogP contribution in [0, 0.1) is 0 Å². The van der Waals surface area contributed by atoms with Crippen molar-refractivity contribution in [1.82, 2.24) is 40.1 Å². The topological polar surface area (TPSA) is 143 Å². The molecule has 2 aliphatic heterocycles. The lowest BCUT2D eigenvalue weighted by Gasteiger charge is -2.33. The number of anilines is 2. The highest BCUT2D eigenvalue weighted by Gasteiger charge is 2.29. The first-order valence-electron chi connectivity index (χ1n) is 12.4. The van der Waals surface area contributed by atoms with E-state index in [2.05, 4.69) is 52.4 Å². The van der Waals surface area contributed by atoms with E-state index in [0.29, 0.717) is 39.1 Å². The Bertz CT molecular complexity index is 1620. The van der Waals surface area contributed by atoms with Crippen LogP contribution in [0.15, 0.2) is 40.5 Å². The zero-order valence-corrected chi connectivity index (χ0v) is 21.0. The lowest BCUT2D eigenvalue weighted by Crippen LogP contribution is -2.45. The minimum atomic E-state index is -0.299. The average Bonchev–Trinajstić information content (AvgIpc) is 3.32. The first kappa shape index (κ1) is 23.1. The third-order valence-corrected chi connectivity index (χ3v) is 6.90. The molecule has 0 radical (unpaired) electrons. The van der Waals surface area contributed by atoms with Crippen LogP contribution in [-0.4, -0.2) is 81.1 Å². The smallest absolute Gasteiger partial charge is 0.261 e. The molecule has 2 unspecified atom stereocenters. The third kappa shape index (κ3) is 4.18. The van der Waals surface area contributed by atoms with Crippen LogP contribution in [0.2, 0.25) is 0 Å². The highest BCUT2D eigenvalue weighted by molar-refractivity contribution is 5.84. The van der Waals surface area contributed by atoms with E-state index in [-0.39, 0.29) is 17.6 Å². The van der Waals surface area contributed by atoms with Gasteiger partial charge in [-0.25, -0.2) is 19.9 Å². The molecule has 0 aliphatic carbocycles. The number of rotatable bonds is 4. The third-order valence-electron chi connectivity index (χ3n) is 6.90. The van der Waals surface area contributed by atoms with Gasteiger partial charge in [0.25, 0.3) is 5.56 Å². The van der Waals surface area contributed by atoms with E-state index in [0.717, 1.165) is 37.5 Å². The second-order valence-corrected chi connectivity index (χ2v) is 9.43. The van der Waals surface area contributed by atoms with Crippen molar-refractivity contribution in [3.05, 3.63) is 57.6 Å². The van der Waals surface area contributed by atoms with Crippen LogP contribution in [0.3, 0.4) is 0 Å². The van der Waals surface area contributed by atoms with Gasteiger partial charge in [-0.05, 0) is 20.0 Å². The molecule has 0 spiro atoms. The van der Waals surface area contributed by atoms with Crippen LogP contribution >= 0.6 is 0 Å². The number of fused-ring (bicyclic) bond motifs is 2. The second-order valence-electron chi connectivity index (χ2n) is 9.43. The first-order valence-corrected chi connectivity index (χ1v) is 12.4. The Kier molecular flexibility index (Phi) is 5.80. The monoisotopic (exact) mass is 499 g/mol. The molecule has 190 valence electrons. The van der Waals surface area contributed by atoms with E-state index in [9.17, 15) is 4.79 Å². The predicted octanol–water partition coefficient (Wildman–Crippen LogP) is -0.0127.